The molecule has 0 saturated heterocycles. The molecule has 0 radical (unpaired) electrons. The Morgan fingerprint density at radius 1 is 1.16 bits per heavy atom. The van der Waals surface area contributed by atoms with Crippen LogP contribution in [0.15, 0.2) is 53.6 Å². The predicted octanol–water partition coefficient (Wildman–Crippen LogP) is 1.81. The van der Waals surface area contributed by atoms with E-state index in [9.17, 15) is 13.2 Å². The van der Waals surface area contributed by atoms with Crippen LogP contribution in [0.2, 0.25) is 0 Å². The zero-order chi connectivity index (χ0) is 18.0. The number of carbonyl (C=O) groups is 1. The first-order chi connectivity index (χ1) is 11.9. The normalized spacial score (nSPS) is 11.3. The molecule has 9 heteroatoms. The molecule has 3 aromatic rings. The fraction of sp³-hybridized carbons (Fsp3) is 0.0625. The fourth-order valence-corrected chi connectivity index (χ4v) is 2.71. The average molecular weight is 358 g/mol. The summed E-state index contributed by atoms with van der Waals surface area (Å²) in [5.41, 5.74) is 1.67. The molecule has 0 aliphatic heterocycles. The summed E-state index contributed by atoms with van der Waals surface area (Å²) in [6.45, 7) is 0. The lowest BCUT2D eigenvalue weighted by Gasteiger charge is -2.07. The number of esters is 1. The largest absolute Gasteiger partial charge is 0.465 e. The maximum Gasteiger partial charge on any atom is 0.337 e. The van der Waals surface area contributed by atoms with E-state index >= 15 is 0 Å². The van der Waals surface area contributed by atoms with Crippen molar-refractivity contribution in [2.24, 2.45) is 5.14 Å². The van der Waals surface area contributed by atoms with Crippen LogP contribution in [0.3, 0.4) is 0 Å². The number of benzene rings is 2. The standard InChI is InChI=1S/C16H14N4O4S/c1-24-15(21)10-2-7-14-11(8-10)9-18-16(20-14)19-12-3-5-13(6-4-12)25(17,22)23/h2-9H,1H3,(H2,17,22,23)(H,18,19,20). The van der Waals surface area contributed by atoms with E-state index in [1.807, 2.05) is 0 Å². The lowest BCUT2D eigenvalue weighted by molar-refractivity contribution is 0.0601. The first kappa shape index (κ1) is 16.8. The van der Waals surface area contributed by atoms with E-state index in [1.165, 1.54) is 19.2 Å². The minimum atomic E-state index is -3.73. The molecule has 1 heterocycles. The number of rotatable bonds is 4. The molecular formula is C16H14N4O4S. The molecule has 1 aromatic heterocycles. The Bertz CT molecular complexity index is 1050. The molecule has 0 unspecified atom stereocenters. The Labute approximate surface area is 143 Å². The van der Waals surface area contributed by atoms with Crippen molar-refractivity contribution < 1.29 is 17.9 Å². The van der Waals surface area contributed by atoms with Crippen LogP contribution in [-0.4, -0.2) is 31.5 Å². The van der Waals surface area contributed by atoms with Gasteiger partial charge >= 0.3 is 5.97 Å². The number of fused-ring (bicyclic) bond motifs is 1. The summed E-state index contributed by atoms with van der Waals surface area (Å²) in [4.78, 5) is 20.1. The van der Waals surface area contributed by atoms with Gasteiger partial charge in [-0.3, -0.25) is 0 Å². The van der Waals surface area contributed by atoms with Crippen molar-refractivity contribution in [3.63, 3.8) is 0 Å². The lowest BCUT2D eigenvalue weighted by Crippen LogP contribution is -2.11. The van der Waals surface area contributed by atoms with Crippen LogP contribution in [-0.2, 0) is 14.8 Å². The third-order valence-electron chi connectivity index (χ3n) is 3.44. The number of hydrogen-bond acceptors (Lipinski definition) is 7. The quantitative estimate of drug-likeness (QED) is 0.681. The van der Waals surface area contributed by atoms with E-state index < -0.39 is 16.0 Å². The van der Waals surface area contributed by atoms with Gasteiger partial charge in [-0.2, -0.15) is 0 Å². The van der Waals surface area contributed by atoms with Gasteiger partial charge in [-0.05, 0) is 42.5 Å². The van der Waals surface area contributed by atoms with E-state index in [1.54, 1.807) is 36.5 Å². The van der Waals surface area contributed by atoms with Crippen molar-refractivity contribution in [1.82, 2.24) is 9.97 Å². The molecule has 0 fully saturated rings. The van der Waals surface area contributed by atoms with E-state index in [0.29, 0.717) is 28.1 Å². The van der Waals surface area contributed by atoms with Crippen molar-refractivity contribution in [3.05, 3.63) is 54.2 Å². The van der Waals surface area contributed by atoms with Crippen LogP contribution in [0.1, 0.15) is 10.4 Å². The second-order valence-corrected chi connectivity index (χ2v) is 6.71. The Hall–Kier alpha value is -3.04. The second-order valence-electron chi connectivity index (χ2n) is 5.15. The van der Waals surface area contributed by atoms with Crippen LogP contribution >= 0.6 is 0 Å². The SMILES string of the molecule is COC(=O)c1ccc2nc(Nc3ccc(S(N)(=O)=O)cc3)ncc2c1. The third-order valence-corrected chi connectivity index (χ3v) is 4.37. The molecule has 2 aromatic carbocycles. The molecule has 0 aliphatic carbocycles. The van der Waals surface area contributed by atoms with Crippen LogP contribution < -0.4 is 10.5 Å². The van der Waals surface area contributed by atoms with Crippen LogP contribution in [0.4, 0.5) is 11.6 Å². The fourth-order valence-electron chi connectivity index (χ4n) is 2.20. The first-order valence-electron chi connectivity index (χ1n) is 7.12. The van der Waals surface area contributed by atoms with Gasteiger partial charge in [-0.25, -0.2) is 28.3 Å². The monoisotopic (exact) mass is 358 g/mol. The Morgan fingerprint density at radius 2 is 1.88 bits per heavy atom. The topological polar surface area (TPSA) is 124 Å². The predicted molar refractivity (Wildman–Crippen MR) is 92.0 cm³/mol. The van der Waals surface area contributed by atoms with Gasteiger partial charge in [0.05, 0.1) is 23.1 Å². The highest BCUT2D eigenvalue weighted by Crippen LogP contribution is 2.19. The van der Waals surface area contributed by atoms with E-state index in [4.69, 9.17) is 5.14 Å². The van der Waals surface area contributed by atoms with Crippen LogP contribution in [0, 0.1) is 0 Å². The highest BCUT2D eigenvalue weighted by atomic mass is 32.2. The number of nitrogens with zero attached hydrogens (tertiary/aromatic N) is 2. The number of sulfonamides is 1. The summed E-state index contributed by atoms with van der Waals surface area (Å²) >= 11 is 0. The zero-order valence-electron chi connectivity index (χ0n) is 13.1. The van der Waals surface area contributed by atoms with Gasteiger partial charge in [0.15, 0.2) is 0 Å². The molecule has 3 rings (SSSR count). The lowest BCUT2D eigenvalue weighted by atomic mass is 10.1. The summed E-state index contributed by atoms with van der Waals surface area (Å²) in [5.74, 6) is -0.0966. The minimum absolute atomic E-state index is 0.0211. The van der Waals surface area contributed by atoms with Crippen molar-refractivity contribution in [2.45, 2.75) is 4.90 Å². The molecule has 0 spiro atoms. The number of anilines is 2. The molecule has 3 N–H and O–H groups in total. The molecule has 0 saturated carbocycles. The number of ether oxygens (including phenoxy) is 1. The van der Waals surface area contributed by atoms with Crippen LogP contribution in [0.5, 0.6) is 0 Å². The van der Waals surface area contributed by atoms with Crippen molar-refractivity contribution in [3.8, 4) is 0 Å². The van der Waals surface area contributed by atoms with Crippen molar-refractivity contribution in [2.75, 3.05) is 12.4 Å². The number of primary sulfonamides is 1. The van der Waals surface area contributed by atoms with Crippen molar-refractivity contribution in [1.29, 1.82) is 0 Å². The minimum Gasteiger partial charge on any atom is -0.465 e. The number of carbonyl (C=O) groups excluding carboxylic acids is 1. The number of nitrogens with two attached hydrogens (primary N) is 1. The maximum absolute atomic E-state index is 11.5. The van der Waals surface area contributed by atoms with Crippen LogP contribution in [0.25, 0.3) is 10.9 Å². The first-order valence-corrected chi connectivity index (χ1v) is 8.66. The Balaban J connectivity index is 1.86. The van der Waals surface area contributed by atoms with Gasteiger partial charge in [0.1, 0.15) is 0 Å². The van der Waals surface area contributed by atoms with Gasteiger partial charge in [-0.1, -0.05) is 0 Å². The second kappa shape index (κ2) is 6.46. The smallest absolute Gasteiger partial charge is 0.337 e. The van der Waals surface area contributed by atoms with Gasteiger partial charge in [-0.15, -0.1) is 0 Å². The summed E-state index contributed by atoms with van der Waals surface area (Å²) in [6.07, 6.45) is 1.58. The molecule has 0 atom stereocenters. The molecule has 128 valence electrons. The number of hydrogen-bond donors (Lipinski definition) is 2. The molecule has 25 heavy (non-hydrogen) atoms. The molecule has 0 aliphatic rings. The van der Waals surface area contributed by atoms with E-state index in [0.717, 1.165) is 0 Å². The maximum atomic E-state index is 11.5. The number of aromatic nitrogens is 2. The Morgan fingerprint density at radius 3 is 2.52 bits per heavy atom. The summed E-state index contributed by atoms with van der Waals surface area (Å²) in [7, 11) is -2.41. The van der Waals surface area contributed by atoms with Gasteiger partial charge in [0.25, 0.3) is 0 Å². The highest BCUT2D eigenvalue weighted by molar-refractivity contribution is 7.89. The summed E-state index contributed by atoms with van der Waals surface area (Å²) in [6, 6.07) is 10.9. The van der Waals surface area contributed by atoms with Gasteiger partial charge < -0.3 is 10.1 Å². The molecule has 0 bridgehead atoms. The van der Waals surface area contributed by atoms with Gasteiger partial charge in [0.2, 0.25) is 16.0 Å². The molecule has 0 amide bonds. The average Bonchev–Trinajstić information content (AvgIpc) is 2.60. The number of nitrogens with one attached hydrogen (secondary N) is 1. The van der Waals surface area contributed by atoms with Gasteiger partial charge in [0, 0.05) is 17.3 Å². The van der Waals surface area contributed by atoms with E-state index in [2.05, 4.69) is 20.0 Å². The number of methoxy groups -OCH3 is 1. The summed E-state index contributed by atoms with van der Waals surface area (Å²) in [5, 5.41) is 8.73. The zero-order valence-corrected chi connectivity index (χ0v) is 13.9. The summed E-state index contributed by atoms with van der Waals surface area (Å²) < 4.78 is 27.2. The molecular weight excluding hydrogens is 344 g/mol. The molecule has 8 nitrogen and oxygen atoms in total. The van der Waals surface area contributed by atoms with E-state index in [-0.39, 0.29) is 4.90 Å². The Kier molecular flexibility index (Phi) is 4.34. The third kappa shape index (κ3) is 3.73. The van der Waals surface area contributed by atoms with Crippen molar-refractivity contribution >= 4 is 38.5 Å². The highest BCUT2D eigenvalue weighted by Gasteiger charge is 2.09.